The monoisotopic (exact) mass is 397 g/mol. The van der Waals surface area contributed by atoms with Gasteiger partial charge < -0.3 is 19.2 Å². The molecule has 0 saturated heterocycles. The van der Waals surface area contributed by atoms with Crippen molar-refractivity contribution in [1.82, 2.24) is 5.32 Å². The van der Waals surface area contributed by atoms with Gasteiger partial charge in [0.25, 0.3) is 5.91 Å². The Morgan fingerprint density at radius 3 is 2.59 bits per heavy atom. The van der Waals surface area contributed by atoms with Crippen LogP contribution in [0, 0.1) is 5.82 Å². The van der Waals surface area contributed by atoms with Crippen LogP contribution >= 0.6 is 0 Å². The summed E-state index contributed by atoms with van der Waals surface area (Å²) in [4.78, 5) is 24.4. The molecule has 0 aliphatic rings. The second-order valence-electron chi connectivity index (χ2n) is 6.21. The Labute approximate surface area is 166 Å². The number of para-hydroxylation sites is 1. The average molecular weight is 397 g/mol. The van der Waals surface area contributed by atoms with E-state index in [0.717, 1.165) is 23.6 Å². The van der Waals surface area contributed by atoms with Crippen molar-refractivity contribution < 1.29 is 23.1 Å². The Morgan fingerprint density at radius 2 is 1.86 bits per heavy atom. The summed E-state index contributed by atoms with van der Waals surface area (Å²) in [5.74, 6) is -0.239. The lowest BCUT2D eigenvalue weighted by molar-refractivity contribution is 0.0923. The molecule has 3 rings (SSSR count). The van der Waals surface area contributed by atoms with Crippen molar-refractivity contribution in [2.75, 3.05) is 13.7 Å². The first-order valence-electron chi connectivity index (χ1n) is 8.97. The van der Waals surface area contributed by atoms with E-state index in [1.165, 1.54) is 12.1 Å². The zero-order valence-electron chi connectivity index (χ0n) is 15.8. The summed E-state index contributed by atoms with van der Waals surface area (Å²) in [5.41, 5.74) is 1.18. The number of carbonyl (C=O) groups excluding carboxylic acids is 1. The molecule has 0 bridgehead atoms. The second kappa shape index (κ2) is 9.54. The number of nitrogens with one attached hydrogen (secondary N) is 1. The molecule has 0 spiro atoms. The van der Waals surface area contributed by atoms with Crippen LogP contribution in [0.4, 0.5) is 4.39 Å². The van der Waals surface area contributed by atoms with Crippen LogP contribution in [-0.2, 0) is 13.0 Å². The molecule has 6 nitrogen and oxygen atoms in total. The summed E-state index contributed by atoms with van der Waals surface area (Å²) in [6.45, 7) is 0.432. The number of halogens is 1. The van der Waals surface area contributed by atoms with Crippen LogP contribution in [0.2, 0.25) is 0 Å². The van der Waals surface area contributed by atoms with Crippen molar-refractivity contribution in [1.29, 1.82) is 0 Å². The van der Waals surface area contributed by atoms with E-state index >= 15 is 0 Å². The smallest absolute Gasteiger partial charge is 0.287 e. The third kappa shape index (κ3) is 5.44. The highest BCUT2D eigenvalue weighted by molar-refractivity contribution is 5.91. The topological polar surface area (TPSA) is 77.8 Å². The first-order chi connectivity index (χ1) is 14.1. The lowest BCUT2D eigenvalue weighted by Gasteiger charge is -2.09. The van der Waals surface area contributed by atoms with E-state index in [4.69, 9.17) is 13.9 Å². The minimum Gasteiger partial charge on any atom is -0.496 e. The summed E-state index contributed by atoms with van der Waals surface area (Å²) in [6.07, 6.45) is 1.67. The highest BCUT2D eigenvalue weighted by Gasteiger charge is 2.12. The van der Waals surface area contributed by atoms with Crippen LogP contribution < -0.4 is 20.2 Å². The highest BCUT2D eigenvalue weighted by atomic mass is 19.1. The number of hydrogen-bond donors (Lipinski definition) is 1. The number of methoxy groups -OCH3 is 1. The fraction of sp³-hybridized carbons (Fsp3) is 0.182. The molecule has 3 aromatic rings. The fourth-order valence-electron chi connectivity index (χ4n) is 2.67. The first-order valence-corrected chi connectivity index (χ1v) is 8.97. The Bertz CT molecular complexity index is 1030. The van der Waals surface area contributed by atoms with Crippen molar-refractivity contribution in [2.24, 2.45) is 0 Å². The van der Waals surface area contributed by atoms with Crippen molar-refractivity contribution in [3.05, 3.63) is 93.8 Å². The molecule has 0 saturated carbocycles. The predicted molar refractivity (Wildman–Crippen MR) is 105 cm³/mol. The Morgan fingerprint density at radius 1 is 1.10 bits per heavy atom. The van der Waals surface area contributed by atoms with Gasteiger partial charge in [0, 0.05) is 12.6 Å². The van der Waals surface area contributed by atoms with Crippen LogP contribution in [0.3, 0.4) is 0 Å². The Kier molecular flexibility index (Phi) is 6.63. The van der Waals surface area contributed by atoms with Crippen molar-refractivity contribution in [2.45, 2.75) is 13.0 Å². The summed E-state index contributed by atoms with van der Waals surface area (Å²) >= 11 is 0. The molecule has 29 heavy (non-hydrogen) atoms. The maximum Gasteiger partial charge on any atom is 0.287 e. The highest BCUT2D eigenvalue weighted by Crippen LogP contribution is 2.17. The molecule has 0 radical (unpaired) electrons. The van der Waals surface area contributed by atoms with Gasteiger partial charge in [0.2, 0.25) is 11.2 Å². The van der Waals surface area contributed by atoms with E-state index in [-0.39, 0.29) is 23.9 Å². The van der Waals surface area contributed by atoms with Crippen LogP contribution in [0.5, 0.6) is 11.5 Å². The fourth-order valence-corrected chi connectivity index (χ4v) is 2.67. The normalized spacial score (nSPS) is 10.4. The number of rotatable bonds is 8. The Hall–Kier alpha value is -3.61. The summed E-state index contributed by atoms with van der Waals surface area (Å²) in [7, 11) is 1.59. The molecule has 2 aromatic carbocycles. The van der Waals surface area contributed by atoms with Gasteiger partial charge in [-0.3, -0.25) is 9.59 Å². The van der Waals surface area contributed by atoms with Gasteiger partial charge >= 0.3 is 0 Å². The van der Waals surface area contributed by atoms with Gasteiger partial charge in [-0.1, -0.05) is 30.3 Å². The third-order valence-corrected chi connectivity index (χ3v) is 4.20. The zero-order chi connectivity index (χ0) is 20.6. The molecule has 0 atom stereocenters. The summed E-state index contributed by atoms with van der Waals surface area (Å²) in [5, 5.41) is 2.71. The number of carbonyl (C=O) groups is 1. The van der Waals surface area contributed by atoms with Crippen LogP contribution in [0.25, 0.3) is 0 Å². The quantitative estimate of drug-likeness (QED) is 0.631. The van der Waals surface area contributed by atoms with E-state index < -0.39 is 11.3 Å². The maximum atomic E-state index is 12.9. The number of amides is 1. The molecule has 0 aliphatic carbocycles. The predicted octanol–water partition coefficient (Wildman–Crippen LogP) is 3.34. The first kappa shape index (κ1) is 20.1. The van der Waals surface area contributed by atoms with Crippen molar-refractivity contribution in [3.8, 4) is 11.5 Å². The van der Waals surface area contributed by atoms with Crippen LogP contribution in [0.1, 0.15) is 21.7 Å². The van der Waals surface area contributed by atoms with Gasteiger partial charge in [-0.25, -0.2) is 4.39 Å². The molecule has 150 valence electrons. The van der Waals surface area contributed by atoms with Gasteiger partial charge in [0.05, 0.1) is 7.11 Å². The van der Waals surface area contributed by atoms with Gasteiger partial charge in [0.15, 0.2) is 5.76 Å². The van der Waals surface area contributed by atoms with Crippen molar-refractivity contribution in [3.63, 3.8) is 0 Å². The van der Waals surface area contributed by atoms with Crippen LogP contribution in [0.15, 0.2) is 70.1 Å². The standard InChI is InChI=1S/C22H20FNO5/c1-27-19-5-3-2-4-16(19)10-11-24-22(26)20-12-18(25)21(14-29-20)28-13-15-6-8-17(23)9-7-15/h2-9,12,14H,10-11,13H2,1H3,(H,24,26). The number of benzene rings is 2. The van der Waals surface area contributed by atoms with E-state index in [0.29, 0.717) is 18.5 Å². The Balaban J connectivity index is 1.55. The molecule has 1 aromatic heterocycles. The lowest BCUT2D eigenvalue weighted by Crippen LogP contribution is -2.26. The average Bonchev–Trinajstić information content (AvgIpc) is 2.74. The van der Waals surface area contributed by atoms with E-state index in [1.54, 1.807) is 19.2 Å². The number of ether oxygens (including phenoxy) is 2. The van der Waals surface area contributed by atoms with Gasteiger partial charge in [-0.2, -0.15) is 0 Å². The molecule has 1 heterocycles. The van der Waals surface area contributed by atoms with Crippen LogP contribution in [-0.4, -0.2) is 19.6 Å². The molecule has 1 N–H and O–H groups in total. The van der Waals surface area contributed by atoms with E-state index in [1.807, 2.05) is 24.3 Å². The maximum absolute atomic E-state index is 12.9. The summed E-state index contributed by atoms with van der Waals surface area (Å²) < 4.78 is 28.8. The van der Waals surface area contributed by atoms with E-state index in [9.17, 15) is 14.0 Å². The third-order valence-electron chi connectivity index (χ3n) is 4.20. The summed E-state index contributed by atoms with van der Waals surface area (Å²) in [6, 6.07) is 14.3. The lowest BCUT2D eigenvalue weighted by atomic mass is 10.1. The second-order valence-corrected chi connectivity index (χ2v) is 6.21. The largest absolute Gasteiger partial charge is 0.496 e. The van der Waals surface area contributed by atoms with Gasteiger partial charge in [-0.05, 0) is 35.7 Å². The zero-order valence-corrected chi connectivity index (χ0v) is 15.8. The van der Waals surface area contributed by atoms with Gasteiger partial charge in [-0.15, -0.1) is 0 Å². The molecular formula is C22H20FNO5. The minimum atomic E-state index is -0.498. The molecule has 1 amide bonds. The van der Waals surface area contributed by atoms with Crippen molar-refractivity contribution >= 4 is 5.91 Å². The molecule has 7 heteroatoms. The SMILES string of the molecule is COc1ccccc1CCNC(=O)c1cc(=O)c(OCc2ccc(F)cc2)co1. The van der Waals surface area contributed by atoms with Gasteiger partial charge in [0.1, 0.15) is 24.4 Å². The molecule has 0 unspecified atom stereocenters. The molecule has 0 fully saturated rings. The molecule has 0 aliphatic heterocycles. The van der Waals surface area contributed by atoms with E-state index in [2.05, 4.69) is 5.32 Å². The minimum absolute atomic E-state index is 0.0279. The molecular weight excluding hydrogens is 377 g/mol. The number of hydrogen-bond acceptors (Lipinski definition) is 5.